The molecule has 0 bridgehead atoms. The number of benzene rings is 1. The number of carbonyl (C=O) groups excluding carboxylic acids is 1. The summed E-state index contributed by atoms with van der Waals surface area (Å²) in [6.07, 6.45) is 3.50. The molecule has 2 heterocycles. The summed E-state index contributed by atoms with van der Waals surface area (Å²) in [6, 6.07) is 6.74. The van der Waals surface area contributed by atoms with Crippen molar-refractivity contribution in [2.24, 2.45) is 0 Å². The molecule has 27 heavy (non-hydrogen) atoms. The molecule has 1 N–H and O–H groups in total. The third kappa shape index (κ3) is 4.73. The lowest BCUT2D eigenvalue weighted by atomic mass is 9.99. The van der Waals surface area contributed by atoms with Gasteiger partial charge in [0, 0.05) is 31.3 Å². The fourth-order valence-electron chi connectivity index (χ4n) is 3.22. The first-order valence-corrected chi connectivity index (χ1v) is 9.34. The number of halogens is 1. The van der Waals surface area contributed by atoms with E-state index in [0.717, 1.165) is 19.3 Å². The first-order valence-electron chi connectivity index (χ1n) is 8.96. The lowest BCUT2D eigenvalue weighted by Gasteiger charge is -2.34. The van der Waals surface area contributed by atoms with Gasteiger partial charge >= 0.3 is 0 Å². The molecule has 0 spiro atoms. The molecule has 1 aliphatic rings. The summed E-state index contributed by atoms with van der Waals surface area (Å²) in [4.78, 5) is 14.5. The normalized spacial score (nSPS) is 17.0. The van der Waals surface area contributed by atoms with E-state index >= 15 is 0 Å². The van der Waals surface area contributed by atoms with Gasteiger partial charge in [0.05, 0.1) is 12.1 Å². The number of ether oxygens (including phenoxy) is 2. The van der Waals surface area contributed by atoms with Crippen LogP contribution in [0.5, 0.6) is 11.5 Å². The van der Waals surface area contributed by atoms with Gasteiger partial charge in [-0.25, -0.2) is 0 Å². The second kappa shape index (κ2) is 9.10. The van der Waals surface area contributed by atoms with Crippen molar-refractivity contribution in [1.29, 1.82) is 0 Å². The molecule has 1 aliphatic heterocycles. The summed E-state index contributed by atoms with van der Waals surface area (Å²) in [6.45, 7) is 0.838. The number of hydrogen-bond donors (Lipinski definition) is 1. The van der Waals surface area contributed by atoms with E-state index in [1.54, 1.807) is 36.3 Å². The van der Waals surface area contributed by atoms with Gasteiger partial charge in [-0.3, -0.25) is 4.79 Å². The molecule has 8 heteroatoms. The summed E-state index contributed by atoms with van der Waals surface area (Å²) in [5.41, 5.74) is 0.249. The Kier molecular flexibility index (Phi) is 6.58. The van der Waals surface area contributed by atoms with E-state index in [2.05, 4.69) is 5.16 Å². The van der Waals surface area contributed by atoms with Crippen molar-refractivity contribution < 1.29 is 23.9 Å². The molecule has 7 nitrogen and oxygen atoms in total. The first-order chi connectivity index (χ1) is 13.1. The smallest absolute Gasteiger partial charge is 0.276 e. The Morgan fingerprint density at radius 1 is 1.41 bits per heavy atom. The topological polar surface area (TPSA) is 85.0 Å². The van der Waals surface area contributed by atoms with Gasteiger partial charge in [-0.1, -0.05) is 16.8 Å². The van der Waals surface area contributed by atoms with Gasteiger partial charge in [-0.2, -0.15) is 0 Å². The minimum atomic E-state index is -0.175. The fourth-order valence-corrected chi connectivity index (χ4v) is 3.45. The van der Waals surface area contributed by atoms with Crippen molar-refractivity contribution in [3.05, 3.63) is 40.7 Å². The molecule has 1 saturated heterocycles. The summed E-state index contributed by atoms with van der Waals surface area (Å²) < 4.78 is 16.0. The second-order valence-electron chi connectivity index (χ2n) is 6.42. The number of aliphatic hydroxyl groups excluding tert-OH is 1. The molecule has 2 aromatic rings. The average molecular weight is 395 g/mol. The molecule has 146 valence electrons. The highest BCUT2D eigenvalue weighted by Gasteiger charge is 2.29. The molecule has 1 aromatic carbocycles. The number of aliphatic hydroxyl groups is 1. The average Bonchev–Trinajstić information content (AvgIpc) is 3.16. The Morgan fingerprint density at radius 3 is 3.00 bits per heavy atom. The van der Waals surface area contributed by atoms with Crippen molar-refractivity contribution in [2.75, 3.05) is 20.3 Å². The number of likely N-dealkylation sites (tertiary alicyclic amines) is 1. The van der Waals surface area contributed by atoms with Gasteiger partial charge in [0.15, 0.2) is 11.5 Å². The van der Waals surface area contributed by atoms with Crippen molar-refractivity contribution >= 4 is 17.5 Å². The Hall–Kier alpha value is -2.25. The SMILES string of the molecule is COc1ccc(OCc2cc(C(=O)N3CCCCC3CCO)no2)c(Cl)c1. The van der Waals surface area contributed by atoms with Gasteiger partial charge in [0.1, 0.15) is 18.1 Å². The Morgan fingerprint density at radius 2 is 2.26 bits per heavy atom. The molecular weight excluding hydrogens is 372 g/mol. The Labute approximate surface area is 162 Å². The van der Waals surface area contributed by atoms with Gasteiger partial charge in [0.25, 0.3) is 5.91 Å². The number of carbonyl (C=O) groups is 1. The molecular formula is C19H23ClN2O5. The second-order valence-corrected chi connectivity index (χ2v) is 6.83. The van der Waals surface area contributed by atoms with Crippen molar-refractivity contribution in [2.45, 2.75) is 38.3 Å². The van der Waals surface area contributed by atoms with Crippen LogP contribution >= 0.6 is 11.6 Å². The zero-order chi connectivity index (χ0) is 19.2. The zero-order valence-corrected chi connectivity index (χ0v) is 15.9. The van der Waals surface area contributed by atoms with E-state index in [9.17, 15) is 9.90 Å². The molecule has 1 fully saturated rings. The minimum Gasteiger partial charge on any atom is -0.497 e. The van der Waals surface area contributed by atoms with E-state index in [-0.39, 0.29) is 30.9 Å². The highest BCUT2D eigenvalue weighted by atomic mass is 35.5. The molecule has 1 atom stereocenters. The fraction of sp³-hybridized carbons (Fsp3) is 0.474. The van der Waals surface area contributed by atoms with E-state index in [1.165, 1.54) is 0 Å². The maximum atomic E-state index is 12.7. The van der Waals surface area contributed by atoms with E-state index in [1.807, 2.05) is 0 Å². The summed E-state index contributed by atoms with van der Waals surface area (Å²) >= 11 is 6.14. The van der Waals surface area contributed by atoms with E-state index in [4.69, 9.17) is 25.6 Å². The van der Waals surface area contributed by atoms with Gasteiger partial charge in [-0.15, -0.1) is 0 Å². The summed E-state index contributed by atoms with van der Waals surface area (Å²) in [7, 11) is 1.56. The van der Waals surface area contributed by atoms with Crippen LogP contribution < -0.4 is 9.47 Å². The number of methoxy groups -OCH3 is 1. The van der Waals surface area contributed by atoms with Crippen molar-refractivity contribution in [3.8, 4) is 11.5 Å². The first kappa shape index (κ1) is 19.5. The molecule has 0 radical (unpaired) electrons. The summed E-state index contributed by atoms with van der Waals surface area (Å²) in [5.74, 6) is 1.38. The third-order valence-corrected chi connectivity index (χ3v) is 4.93. The quantitative estimate of drug-likeness (QED) is 0.775. The lowest BCUT2D eigenvalue weighted by molar-refractivity contribution is 0.0564. The molecule has 1 amide bonds. The maximum absolute atomic E-state index is 12.7. The lowest BCUT2D eigenvalue weighted by Crippen LogP contribution is -2.44. The number of hydrogen-bond acceptors (Lipinski definition) is 6. The highest BCUT2D eigenvalue weighted by molar-refractivity contribution is 6.32. The summed E-state index contributed by atoms with van der Waals surface area (Å²) in [5, 5.41) is 13.5. The van der Waals surface area contributed by atoms with Crippen LogP contribution in [0.4, 0.5) is 0 Å². The molecule has 3 rings (SSSR count). The Balaban J connectivity index is 1.63. The number of piperidine rings is 1. The van der Waals surface area contributed by atoms with Gasteiger partial charge in [0.2, 0.25) is 0 Å². The predicted octanol–water partition coefficient (Wildman–Crippen LogP) is 3.29. The van der Waals surface area contributed by atoms with Gasteiger partial charge in [-0.05, 0) is 37.8 Å². The highest BCUT2D eigenvalue weighted by Crippen LogP contribution is 2.29. The minimum absolute atomic E-state index is 0.0470. The number of aromatic nitrogens is 1. The van der Waals surface area contributed by atoms with Crippen LogP contribution in [-0.2, 0) is 6.61 Å². The van der Waals surface area contributed by atoms with Crippen molar-refractivity contribution in [1.82, 2.24) is 10.1 Å². The zero-order valence-electron chi connectivity index (χ0n) is 15.2. The van der Waals surface area contributed by atoms with E-state index < -0.39 is 0 Å². The molecule has 1 aromatic heterocycles. The molecule has 0 aliphatic carbocycles. The van der Waals surface area contributed by atoms with Crippen LogP contribution in [0.3, 0.4) is 0 Å². The largest absolute Gasteiger partial charge is 0.497 e. The van der Waals surface area contributed by atoms with Crippen LogP contribution in [-0.4, -0.2) is 47.4 Å². The van der Waals surface area contributed by atoms with Crippen LogP contribution in [0.15, 0.2) is 28.8 Å². The van der Waals surface area contributed by atoms with Crippen LogP contribution in [0.2, 0.25) is 5.02 Å². The molecule has 1 unspecified atom stereocenters. The predicted molar refractivity (Wildman–Crippen MR) is 99.2 cm³/mol. The van der Waals surface area contributed by atoms with Gasteiger partial charge < -0.3 is 24.0 Å². The maximum Gasteiger partial charge on any atom is 0.276 e. The molecule has 0 saturated carbocycles. The third-order valence-electron chi connectivity index (χ3n) is 4.64. The monoisotopic (exact) mass is 394 g/mol. The number of amides is 1. The van der Waals surface area contributed by atoms with Crippen LogP contribution in [0.25, 0.3) is 0 Å². The standard InChI is InChI=1S/C19H23ClN2O5/c1-25-14-5-6-18(16(20)10-14)26-12-15-11-17(21-27-15)19(24)22-8-3-2-4-13(22)7-9-23/h5-6,10-11,13,23H,2-4,7-9,12H2,1H3. The van der Waals surface area contributed by atoms with Crippen molar-refractivity contribution in [3.63, 3.8) is 0 Å². The van der Waals surface area contributed by atoms with Crippen LogP contribution in [0.1, 0.15) is 41.9 Å². The number of nitrogens with zero attached hydrogens (tertiary/aromatic N) is 2. The van der Waals surface area contributed by atoms with E-state index in [0.29, 0.717) is 35.2 Å². The van der Waals surface area contributed by atoms with Crippen LogP contribution in [0, 0.1) is 0 Å². The Bertz CT molecular complexity index is 777. The number of rotatable bonds is 7.